The molecule has 0 rings (SSSR count). The summed E-state index contributed by atoms with van der Waals surface area (Å²) in [4.78, 5) is 0. The smallest absolute Gasteiger partial charge is 0.0719 e. The van der Waals surface area contributed by atoms with Crippen LogP contribution in [0.1, 0.15) is 0 Å². The van der Waals surface area contributed by atoms with Crippen molar-refractivity contribution >= 4 is 0 Å². The van der Waals surface area contributed by atoms with Gasteiger partial charge in [0.1, 0.15) is 0 Å². The van der Waals surface area contributed by atoms with Crippen LogP contribution in [0.25, 0.3) is 0 Å². The second-order valence-corrected chi connectivity index (χ2v) is 0.803. The molecule has 0 aromatic heterocycles. The molecule has 0 bridgehead atoms. The lowest BCUT2D eigenvalue weighted by atomic mass is 10.4. The van der Waals surface area contributed by atoms with E-state index in [9.17, 15) is 0 Å². The third-order valence-corrected chi connectivity index (χ3v) is 0.272. The van der Waals surface area contributed by atoms with E-state index in [1.807, 2.05) is 0 Å². The lowest BCUT2D eigenvalue weighted by Gasteiger charge is -1.84. The Bertz CT molecular complexity index is 30.6. The maximum Gasteiger partial charge on any atom is 0.0719 e. The van der Waals surface area contributed by atoms with E-state index in [1.54, 1.807) is 0 Å². The van der Waals surface area contributed by atoms with Crippen molar-refractivity contribution in [2.75, 3.05) is 0 Å². The summed E-state index contributed by atoms with van der Waals surface area (Å²) in [6, 6.07) is 0. The van der Waals surface area contributed by atoms with Gasteiger partial charge in [0, 0.05) is 0 Å². The molecule has 0 aliphatic rings. The van der Waals surface area contributed by atoms with E-state index >= 15 is 0 Å². The minimum absolute atomic E-state index is 0.602. The quantitative estimate of drug-likeness (QED) is 0.443. The first-order valence-corrected chi connectivity index (χ1v) is 1.41. The van der Waals surface area contributed by atoms with Gasteiger partial charge in [-0.15, -0.1) is 6.58 Å². The van der Waals surface area contributed by atoms with E-state index in [0.717, 1.165) is 0 Å². The molecular weight excluding hydrogens is 64.0 g/mol. The molecule has 29 valence electrons. The van der Waals surface area contributed by atoms with Gasteiger partial charge in [-0.2, -0.15) is 0 Å². The lowest BCUT2D eigenvalue weighted by molar-refractivity contribution is 0.269. The van der Waals surface area contributed by atoms with Crippen LogP contribution in [0.2, 0.25) is 0 Å². The van der Waals surface area contributed by atoms with Crippen LogP contribution in [-0.4, -0.2) is 11.2 Å². The number of aliphatic hydroxyl groups excluding tert-OH is 1. The van der Waals surface area contributed by atoms with Crippen molar-refractivity contribution in [2.45, 2.75) is 6.10 Å². The van der Waals surface area contributed by atoms with Gasteiger partial charge >= 0.3 is 0 Å². The highest BCUT2D eigenvalue weighted by Crippen LogP contribution is 1.72. The van der Waals surface area contributed by atoms with E-state index in [1.165, 1.54) is 6.08 Å². The first-order valence-electron chi connectivity index (χ1n) is 1.41. The van der Waals surface area contributed by atoms with Crippen LogP contribution in [-0.2, 0) is 0 Å². The molecule has 0 aromatic rings. The Labute approximate surface area is 31.9 Å². The van der Waals surface area contributed by atoms with Crippen LogP contribution in [0.3, 0.4) is 0 Å². The monoisotopic (exact) mass is 71.0 g/mol. The number of hydrogen-bond donors (Lipinski definition) is 1. The summed E-state index contributed by atoms with van der Waals surface area (Å²) in [7, 11) is 0. The van der Waals surface area contributed by atoms with Crippen LogP contribution >= 0.6 is 0 Å². The average molecular weight is 71.1 g/mol. The molecule has 1 N–H and O–H groups in total. The lowest BCUT2D eigenvalue weighted by Crippen LogP contribution is -1.89. The molecule has 0 aliphatic carbocycles. The Morgan fingerprint density at radius 3 is 2.00 bits per heavy atom. The molecule has 0 saturated heterocycles. The fourth-order valence-electron chi connectivity index (χ4n) is 0. The van der Waals surface area contributed by atoms with Crippen molar-refractivity contribution < 1.29 is 5.11 Å². The van der Waals surface area contributed by atoms with Gasteiger partial charge in [0.05, 0.1) is 6.10 Å². The molecule has 0 fully saturated rings. The van der Waals surface area contributed by atoms with E-state index < -0.39 is 6.10 Å². The second kappa shape index (κ2) is 1.97. The summed E-state index contributed by atoms with van der Waals surface area (Å²) in [6.07, 6.45) is 0.759. The van der Waals surface area contributed by atoms with E-state index in [0.29, 0.717) is 0 Å². The minimum atomic E-state index is -0.602. The summed E-state index contributed by atoms with van der Waals surface area (Å²) < 4.78 is 0. The molecule has 1 atom stereocenters. The molecule has 0 aliphatic heterocycles. The summed E-state index contributed by atoms with van der Waals surface area (Å²) in [5.74, 6) is 0. The zero-order valence-electron chi connectivity index (χ0n) is 3.02. The zero-order chi connectivity index (χ0) is 4.28. The third kappa shape index (κ3) is 3.70. The molecule has 0 aromatic carbocycles. The molecule has 0 spiro atoms. The van der Waals surface area contributed by atoms with Crippen LogP contribution < -0.4 is 0 Å². The Balaban J connectivity index is 2.83. The molecule has 5 heavy (non-hydrogen) atoms. The van der Waals surface area contributed by atoms with Crippen molar-refractivity contribution in [3.63, 3.8) is 0 Å². The van der Waals surface area contributed by atoms with Gasteiger partial charge in [0.15, 0.2) is 0 Å². The molecule has 1 radical (unpaired) electrons. The number of hydrogen-bond acceptors (Lipinski definition) is 1. The van der Waals surface area contributed by atoms with E-state index in [4.69, 9.17) is 5.11 Å². The largest absolute Gasteiger partial charge is 0.389 e. The highest BCUT2D eigenvalue weighted by atomic mass is 16.3. The van der Waals surface area contributed by atoms with Gasteiger partial charge in [-0.3, -0.25) is 0 Å². The van der Waals surface area contributed by atoms with Gasteiger partial charge in [0.2, 0.25) is 0 Å². The van der Waals surface area contributed by atoms with Crippen molar-refractivity contribution in [3.8, 4) is 0 Å². The molecule has 1 nitrogen and oxygen atoms in total. The van der Waals surface area contributed by atoms with Crippen molar-refractivity contribution in [2.24, 2.45) is 0 Å². The minimum Gasteiger partial charge on any atom is -0.389 e. The molecule has 1 unspecified atom stereocenters. The van der Waals surface area contributed by atoms with Crippen molar-refractivity contribution in [1.29, 1.82) is 0 Å². The highest BCUT2D eigenvalue weighted by Gasteiger charge is 1.75. The SMILES string of the molecule is [CH2]C(O)C=C. The summed E-state index contributed by atoms with van der Waals surface area (Å²) in [6.45, 7) is 6.44. The molecular formula is C4H7O. The molecule has 0 saturated carbocycles. The predicted octanol–water partition coefficient (Wildman–Crippen LogP) is 0.367. The maximum absolute atomic E-state index is 8.13. The molecule has 0 amide bonds. The summed E-state index contributed by atoms with van der Waals surface area (Å²) in [5, 5.41) is 8.13. The normalized spacial score (nSPS) is 14.0. The summed E-state index contributed by atoms with van der Waals surface area (Å²) >= 11 is 0. The Morgan fingerprint density at radius 1 is 1.80 bits per heavy atom. The molecule has 1 heteroatoms. The first kappa shape index (κ1) is 4.70. The second-order valence-electron chi connectivity index (χ2n) is 0.803. The van der Waals surface area contributed by atoms with Crippen LogP contribution in [0.5, 0.6) is 0 Å². The Kier molecular flexibility index (Phi) is 1.85. The van der Waals surface area contributed by atoms with Crippen molar-refractivity contribution in [1.82, 2.24) is 0 Å². The number of rotatable bonds is 1. The van der Waals surface area contributed by atoms with Gasteiger partial charge in [-0.1, -0.05) is 6.08 Å². The van der Waals surface area contributed by atoms with E-state index in [2.05, 4.69) is 13.5 Å². The molecule has 0 heterocycles. The summed E-state index contributed by atoms with van der Waals surface area (Å²) in [5.41, 5.74) is 0. The number of aliphatic hydroxyl groups is 1. The van der Waals surface area contributed by atoms with E-state index in [-0.39, 0.29) is 0 Å². The van der Waals surface area contributed by atoms with Gasteiger partial charge in [-0.25, -0.2) is 0 Å². The fourth-order valence-corrected chi connectivity index (χ4v) is 0. The van der Waals surface area contributed by atoms with Crippen LogP contribution in [0.4, 0.5) is 0 Å². The zero-order valence-corrected chi connectivity index (χ0v) is 3.02. The van der Waals surface area contributed by atoms with Crippen LogP contribution in [0, 0.1) is 6.92 Å². The Hall–Kier alpha value is -0.300. The van der Waals surface area contributed by atoms with Gasteiger partial charge < -0.3 is 5.11 Å². The van der Waals surface area contributed by atoms with Gasteiger partial charge in [-0.05, 0) is 6.92 Å². The van der Waals surface area contributed by atoms with Crippen LogP contribution in [0.15, 0.2) is 12.7 Å². The first-order chi connectivity index (χ1) is 2.27. The fraction of sp³-hybridized carbons (Fsp3) is 0.250. The van der Waals surface area contributed by atoms with Crippen molar-refractivity contribution in [3.05, 3.63) is 19.6 Å². The highest BCUT2D eigenvalue weighted by molar-refractivity contribution is 4.78. The Morgan fingerprint density at radius 2 is 2.00 bits per heavy atom. The standard InChI is InChI=1S/C4H7O/c1-3-4(2)5/h3-5H,1-2H2. The third-order valence-electron chi connectivity index (χ3n) is 0.272. The maximum atomic E-state index is 8.13. The topological polar surface area (TPSA) is 20.2 Å². The predicted molar refractivity (Wildman–Crippen MR) is 21.6 cm³/mol. The van der Waals surface area contributed by atoms with Gasteiger partial charge in [0.25, 0.3) is 0 Å². The average Bonchev–Trinajstić information content (AvgIpc) is 1.38.